The largest absolute Gasteiger partial charge is 0.345 e. The molecular formula is C19H18FN5O3S. The maximum Gasteiger partial charge on any atom is 0.317 e. The van der Waals surface area contributed by atoms with Crippen LogP contribution in [-0.2, 0) is 6.54 Å². The van der Waals surface area contributed by atoms with Crippen molar-refractivity contribution < 1.29 is 14.1 Å². The number of aromatic nitrogens is 1. The Labute approximate surface area is 169 Å². The van der Waals surface area contributed by atoms with Crippen LogP contribution in [-0.4, -0.2) is 47.0 Å². The molecule has 1 aliphatic rings. The number of hydrogen-bond donors (Lipinski definition) is 1. The molecule has 29 heavy (non-hydrogen) atoms. The van der Waals surface area contributed by atoms with Crippen molar-refractivity contribution in [1.82, 2.24) is 15.2 Å². The van der Waals surface area contributed by atoms with E-state index < -0.39 is 4.92 Å². The lowest BCUT2D eigenvalue weighted by molar-refractivity contribution is -0.384. The monoisotopic (exact) mass is 415 g/mol. The number of carbonyl (C=O) groups excluding carboxylic acids is 1. The van der Waals surface area contributed by atoms with Gasteiger partial charge in [-0.05, 0) is 23.8 Å². The van der Waals surface area contributed by atoms with Gasteiger partial charge in [0.2, 0.25) is 0 Å². The number of rotatable bonds is 4. The summed E-state index contributed by atoms with van der Waals surface area (Å²) in [4.78, 5) is 31.3. The van der Waals surface area contributed by atoms with E-state index >= 15 is 0 Å². The number of nitrogens with zero attached hydrogens (tertiary/aromatic N) is 4. The molecule has 3 aromatic rings. The molecular weight excluding hydrogens is 397 g/mol. The Kier molecular flexibility index (Phi) is 5.26. The summed E-state index contributed by atoms with van der Waals surface area (Å²) >= 11 is 1.41. The molecule has 1 fully saturated rings. The van der Waals surface area contributed by atoms with E-state index in [1.165, 1.54) is 35.6 Å². The van der Waals surface area contributed by atoms with Crippen LogP contribution in [0, 0.1) is 15.9 Å². The molecule has 1 aliphatic heterocycles. The number of non-ortho nitro benzene ring substituents is 1. The lowest BCUT2D eigenvalue weighted by Gasteiger charge is -2.34. The molecule has 8 nitrogen and oxygen atoms in total. The highest BCUT2D eigenvalue weighted by molar-refractivity contribution is 7.22. The minimum Gasteiger partial charge on any atom is -0.345 e. The molecule has 0 atom stereocenters. The second-order valence-electron chi connectivity index (χ2n) is 6.66. The number of amides is 2. The van der Waals surface area contributed by atoms with Gasteiger partial charge in [0.25, 0.3) is 5.69 Å². The van der Waals surface area contributed by atoms with Gasteiger partial charge in [-0.25, -0.2) is 14.2 Å². The fourth-order valence-electron chi connectivity index (χ4n) is 3.14. The molecule has 0 unspecified atom stereocenters. The first kappa shape index (κ1) is 19.1. The smallest absolute Gasteiger partial charge is 0.317 e. The molecule has 0 spiro atoms. The molecule has 0 saturated carbocycles. The zero-order valence-corrected chi connectivity index (χ0v) is 16.2. The maximum absolute atomic E-state index is 12.9. The molecule has 10 heteroatoms. The van der Waals surface area contributed by atoms with Gasteiger partial charge in [0.1, 0.15) is 5.82 Å². The van der Waals surface area contributed by atoms with Gasteiger partial charge in [0, 0.05) is 44.9 Å². The first-order chi connectivity index (χ1) is 14.0. The lowest BCUT2D eigenvalue weighted by atomic mass is 10.2. The van der Waals surface area contributed by atoms with Crippen LogP contribution in [0.3, 0.4) is 0 Å². The highest BCUT2D eigenvalue weighted by Crippen LogP contribution is 2.31. The van der Waals surface area contributed by atoms with Crippen LogP contribution in [0.2, 0.25) is 0 Å². The Morgan fingerprint density at radius 1 is 1.17 bits per heavy atom. The predicted molar refractivity (Wildman–Crippen MR) is 109 cm³/mol. The molecule has 150 valence electrons. The highest BCUT2D eigenvalue weighted by Gasteiger charge is 2.23. The van der Waals surface area contributed by atoms with Gasteiger partial charge in [-0.1, -0.05) is 23.5 Å². The number of carbonyl (C=O) groups is 1. The number of urea groups is 1. The van der Waals surface area contributed by atoms with E-state index in [1.807, 2.05) is 0 Å². The van der Waals surface area contributed by atoms with Crippen LogP contribution >= 0.6 is 11.3 Å². The van der Waals surface area contributed by atoms with Crippen molar-refractivity contribution in [3.8, 4) is 0 Å². The number of nitrogens with one attached hydrogen (secondary N) is 1. The third kappa shape index (κ3) is 4.27. The van der Waals surface area contributed by atoms with Crippen LogP contribution in [0.1, 0.15) is 5.56 Å². The predicted octanol–water partition coefficient (Wildman–Crippen LogP) is 3.38. The SMILES string of the molecule is O=C(NCc1ccc(F)cc1)N1CCN(c2nc3ccc([N+](=O)[O-])cc3s2)CC1. The molecule has 0 radical (unpaired) electrons. The minimum atomic E-state index is -0.415. The summed E-state index contributed by atoms with van der Waals surface area (Å²) in [5, 5.41) is 14.6. The highest BCUT2D eigenvalue weighted by atomic mass is 32.1. The number of nitro benzene ring substituents is 1. The van der Waals surface area contributed by atoms with Crippen molar-refractivity contribution in [3.63, 3.8) is 0 Å². The topological polar surface area (TPSA) is 91.6 Å². The minimum absolute atomic E-state index is 0.0512. The molecule has 1 saturated heterocycles. The molecule has 2 heterocycles. The van der Waals surface area contributed by atoms with Gasteiger partial charge in [-0.15, -0.1) is 0 Å². The first-order valence-electron chi connectivity index (χ1n) is 9.07. The van der Waals surface area contributed by atoms with Gasteiger partial charge in [0.15, 0.2) is 5.13 Å². The number of anilines is 1. The Balaban J connectivity index is 1.34. The van der Waals surface area contributed by atoms with Crippen LogP contribution in [0.25, 0.3) is 10.2 Å². The summed E-state index contributed by atoms with van der Waals surface area (Å²) in [6.45, 7) is 2.70. The van der Waals surface area contributed by atoms with Crippen molar-refractivity contribution in [3.05, 3.63) is 64.0 Å². The second kappa shape index (κ2) is 8.00. The lowest BCUT2D eigenvalue weighted by Crippen LogP contribution is -2.51. The van der Waals surface area contributed by atoms with Crippen molar-refractivity contribution >= 4 is 38.4 Å². The Bertz CT molecular complexity index is 1050. The van der Waals surface area contributed by atoms with Crippen LogP contribution in [0.15, 0.2) is 42.5 Å². The summed E-state index contributed by atoms with van der Waals surface area (Å²) in [5.74, 6) is -0.305. The van der Waals surface area contributed by atoms with Crippen LogP contribution in [0.4, 0.5) is 20.0 Å². The van der Waals surface area contributed by atoms with E-state index in [2.05, 4.69) is 15.2 Å². The van der Waals surface area contributed by atoms with Gasteiger partial charge < -0.3 is 15.1 Å². The molecule has 2 amide bonds. The van der Waals surface area contributed by atoms with Gasteiger partial charge in [0.05, 0.1) is 15.1 Å². The quantitative estimate of drug-likeness (QED) is 0.521. The van der Waals surface area contributed by atoms with Crippen molar-refractivity contribution in [1.29, 1.82) is 0 Å². The first-order valence-corrected chi connectivity index (χ1v) is 9.88. The zero-order chi connectivity index (χ0) is 20.4. The number of hydrogen-bond acceptors (Lipinski definition) is 6. The van der Waals surface area contributed by atoms with Crippen LogP contribution < -0.4 is 10.2 Å². The molecule has 1 aromatic heterocycles. The zero-order valence-electron chi connectivity index (χ0n) is 15.4. The van der Waals surface area contributed by atoms with E-state index in [1.54, 1.807) is 23.1 Å². The number of benzene rings is 2. The van der Waals surface area contributed by atoms with Crippen molar-refractivity contribution in [2.24, 2.45) is 0 Å². The van der Waals surface area contributed by atoms with E-state index in [9.17, 15) is 19.3 Å². The van der Waals surface area contributed by atoms with E-state index in [0.29, 0.717) is 32.7 Å². The third-order valence-corrected chi connectivity index (χ3v) is 5.84. The number of nitro groups is 1. The molecule has 0 bridgehead atoms. The number of halogens is 1. The Morgan fingerprint density at radius 2 is 1.90 bits per heavy atom. The van der Waals surface area contributed by atoms with E-state index in [-0.39, 0.29) is 17.5 Å². The van der Waals surface area contributed by atoms with Gasteiger partial charge >= 0.3 is 6.03 Å². The number of thiazole rings is 1. The second-order valence-corrected chi connectivity index (χ2v) is 7.67. The summed E-state index contributed by atoms with van der Waals surface area (Å²) in [7, 11) is 0. The van der Waals surface area contributed by atoms with E-state index in [0.717, 1.165) is 20.9 Å². The van der Waals surface area contributed by atoms with Crippen LogP contribution in [0.5, 0.6) is 0 Å². The molecule has 2 aromatic carbocycles. The third-order valence-electron chi connectivity index (χ3n) is 4.77. The maximum atomic E-state index is 12.9. The van der Waals surface area contributed by atoms with Crippen molar-refractivity contribution in [2.45, 2.75) is 6.54 Å². The summed E-state index contributed by atoms with van der Waals surface area (Å²) in [6.07, 6.45) is 0. The molecule has 4 rings (SSSR count). The summed E-state index contributed by atoms with van der Waals surface area (Å²) < 4.78 is 13.7. The number of fused-ring (bicyclic) bond motifs is 1. The molecule has 1 N–H and O–H groups in total. The molecule has 0 aliphatic carbocycles. The van der Waals surface area contributed by atoms with E-state index in [4.69, 9.17) is 0 Å². The summed E-state index contributed by atoms with van der Waals surface area (Å²) in [6, 6.07) is 10.5. The average Bonchev–Trinajstić information content (AvgIpc) is 3.16. The van der Waals surface area contributed by atoms with Gasteiger partial charge in [-0.2, -0.15) is 0 Å². The number of piperazine rings is 1. The fourth-order valence-corrected chi connectivity index (χ4v) is 4.19. The standard InChI is InChI=1S/C19H18FN5O3S/c20-14-3-1-13(2-4-14)12-21-18(26)23-7-9-24(10-8-23)19-22-16-6-5-15(25(27)28)11-17(16)29-19/h1-6,11H,7-10,12H2,(H,21,26). The fraction of sp³-hybridized carbons (Fsp3) is 0.263. The Hall–Kier alpha value is -3.27. The van der Waals surface area contributed by atoms with Gasteiger partial charge in [-0.3, -0.25) is 10.1 Å². The average molecular weight is 415 g/mol. The normalized spacial score (nSPS) is 14.2. The summed E-state index contributed by atoms with van der Waals surface area (Å²) in [5.41, 5.74) is 1.62. The van der Waals surface area contributed by atoms with Crippen molar-refractivity contribution in [2.75, 3.05) is 31.1 Å². The Morgan fingerprint density at radius 3 is 2.59 bits per heavy atom.